The van der Waals surface area contributed by atoms with Gasteiger partial charge >= 0.3 is 0 Å². The maximum atomic E-state index is 5.62. The number of aromatic nitrogens is 1. The van der Waals surface area contributed by atoms with Crippen molar-refractivity contribution in [1.29, 1.82) is 0 Å². The fourth-order valence-corrected chi connectivity index (χ4v) is 1.93. The Balaban J connectivity index is 1.84. The largest absolute Gasteiger partial charge is 0.492 e. The molecule has 0 saturated heterocycles. The van der Waals surface area contributed by atoms with Crippen LogP contribution in [0.4, 0.5) is 0 Å². The Morgan fingerprint density at radius 2 is 2.17 bits per heavy atom. The van der Waals surface area contributed by atoms with Gasteiger partial charge in [-0.25, -0.2) is 0 Å². The first-order chi connectivity index (χ1) is 8.78. The molecule has 1 aromatic heterocycles. The highest BCUT2D eigenvalue weighted by Crippen LogP contribution is 2.16. The van der Waals surface area contributed by atoms with Gasteiger partial charge in [-0.1, -0.05) is 35.0 Å². The fraction of sp³-hybridized carbons (Fsp3) is 0.267. The van der Waals surface area contributed by atoms with Crippen molar-refractivity contribution in [2.75, 3.05) is 6.61 Å². The van der Waals surface area contributed by atoms with E-state index in [-0.39, 0.29) is 0 Å². The van der Waals surface area contributed by atoms with Gasteiger partial charge < -0.3 is 4.74 Å². The second-order valence-corrected chi connectivity index (χ2v) is 4.83. The maximum Gasteiger partial charge on any atom is 0.128 e. The van der Waals surface area contributed by atoms with Gasteiger partial charge in [0.15, 0.2) is 0 Å². The van der Waals surface area contributed by atoms with Gasteiger partial charge in [0, 0.05) is 28.9 Å². The topological polar surface area (TPSA) is 22.1 Å². The highest BCUT2D eigenvalue weighted by molar-refractivity contribution is 9.10. The number of halogens is 1. The lowest BCUT2D eigenvalue weighted by Gasteiger charge is -2.06. The van der Waals surface area contributed by atoms with Crippen LogP contribution in [0.5, 0.6) is 5.75 Å². The van der Waals surface area contributed by atoms with Crippen molar-refractivity contribution in [2.24, 2.45) is 0 Å². The van der Waals surface area contributed by atoms with E-state index in [1.165, 1.54) is 5.56 Å². The zero-order valence-electron chi connectivity index (χ0n) is 10.3. The van der Waals surface area contributed by atoms with Gasteiger partial charge in [0.05, 0.1) is 6.61 Å². The molecule has 93 valence electrons. The summed E-state index contributed by atoms with van der Waals surface area (Å²) in [6.07, 6.45) is 3.77. The maximum absolute atomic E-state index is 5.62. The monoisotopic (exact) mass is 304 g/mol. The van der Waals surface area contributed by atoms with E-state index in [9.17, 15) is 0 Å². The minimum Gasteiger partial charge on any atom is -0.492 e. The van der Waals surface area contributed by atoms with Gasteiger partial charge in [-0.2, -0.15) is 0 Å². The molecule has 0 aliphatic carbocycles. The number of hydrogen-bond acceptors (Lipinski definition) is 2. The lowest BCUT2D eigenvalue weighted by molar-refractivity contribution is 0.319. The fourth-order valence-electron chi connectivity index (χ4n) is 1.58. The van der Waals surface area contributed by atoms with Gasteiger partial charge in [0.25, 0.3) is 0 Å². The number of benzene rings is 1. The van der Waals surface area contributed by atoms with Crippen LogP contribution < -0.4 is 4.74 Å². The first kappa shape index (κ1) is 13.1. The molecule has 0 spiro atoms. The van der Waals surface area contributed by atoms with E-state index in [1.54, 1.807) is 0 Å². The van der Waals surface area contributed by atoms with Crippen LogP contribution in [-0.4, -0.2) is 11.6 Å². The summed E-state index contributed by atoms with van der Waals surface area (Å²) in [7, 11) is 0. The third kappa shape index (κ3) is 3.84. The molecule has 1 aromatic carbocycles. The molecule has 0 N–H and O–H groups in total. The van der Waals surface area contributed by atoms with E-state index in [4.69, 9.17) is 4.74 Å². The summed E-state index contributed by atoms with van der Waals surface area (Å²) in [6, 6.07) is 13.0. The van der Waals surface area contributed by atoms with Gasteiger partial charge in [-0.05, 0) is 30.2 Å². The standard InChI is InChI=1S/C15H15BrNO/c1-2-12-6-7-14(17-11-12)8-9-18-15-5-3-4-13(16)10-15/h3-7,11H,2,8-9H2,1H3. The van der Waals surface area contributed by atoms with Crippen LogP contribution in [0.15, 0.2) is 41.0 Å². The Hall–Kier alpha value is -1.35. The number of ether oxygens (including phenoxy) is 1. The molecular weight excluding hydrogens is 290 g/mol. The number of rotatable bonds is 5. The molecule has 1 radical (unpaired) electrons. The summed E-state index contributed by atoms with van der Waals surface area (Å²) in [4.78, 5) is 4.40. The van der Waals surface area contributed by atoms with Gasteiger partial charge in [0.2, 0.25) is 0 Å². The summed E-state index contributed by atoms with van der Waals surface area (Å²) in [5, 5.41) is 0. The summed E-state index contributed by atoms with van der Waals surface area (Å²) < 4.78 is 6.53. The van der Waals surface area contributed by atoms with Gasteiger partial charge in [-0.15, -0.1) is 0 Å². The van der Waals surface area contributed by atoms with Crippen molar-refractivity contribution < 1.29 is 4.74 Å². The van der Waals surface area contributed by atoms with Crippen molar-refractivity contribution in [3.8, 4) is 5.75 Å². The predicted octanol–water partition coefficient (Wildman–Crippen LogP) is 3.83. The van der Waals surface area contributed by atoms with Crippen LogP contribution in [-0.2, 0) is 12.8 Å². The van der Waals surface area contributed by atoms with E-state index < -0.39 is 0 Å². The first-order valence-electron chi connectivity index (χ1n) is 6.02. The van der Waals surface area contributed by atoms with Gasteiger partial charge in [-0.3, -0.25) is 4.98 Å². The van der Waals surface area contributed by atoms with Crippen LogP contribution in [0, 0.1) is 6.07 Å². The van der Waals surface area contributed by atoms with Crippen molar-refractivity contribution in [1.82, 2.24) is 4.98 Å². The van der Waals surface area contributed by atoms with E-state index in [1.807, 2.05) is 24.4 Å². The quantitative estimate of drug-likeness (QED) is 0.837. The molecule has 3 heteroatoms. The zero-order valence-corrected chi connectivity index (χ0v) is 11.9. The Morgan fingerprint density at radius 1 is 1.28 bits per heavy atom. The second kappa shape index (κ2) is 6.55. The van der Waals surface area contributed by atoms with Crippen LogP contribution in [0.3, 0.4) is 0 Å². The van der Waals surface area contributed by atoms with Gasteiger partial charge in [0.1, 0.15) is 5.75 Å². The molecule has 0 saturated carbocycles. The number of nitrogens with zero attached hydrogens (tertiary/aromatic N) is 1. The SMILES string of the molecule is CCc1ccc(CCOc2[c]c(Br)ccc2)nc1. The van der Waals surface area contributed by atoms with E-state index in [2.05, 4.69) is 46.0 Å². The summed E-state index contributed by atoms with van der Waals surface area (Å²) in [5.74, 6) is 0.759. The molecule has 18 heavy (non-hydrogen) atoms. The molecular formula is C15H15BrNO. The number of pyridine rings is 1. The highest BCUT2D eigenvalue weighted by atomic mass is 79.9. The molecule has 2 aromatic rings. The van der Waals surface area contributed by atoms with Crippen molar-refractivity contribution in [2.45, 2.75) is 19.8 Å². The molecule has 0 aliphatic rings. The lowest BCUT2D eigenvalue weighted by atomic mass is 10.2. The van der Waals surface area contributed by atoms with Crippen LogP contribution in [0.25, 0.3) is 0 Å². The zero-order chi connectivity index (χ0) is 12.8. The molecule has 0 amide bonds. The Labute approximate surface area is 116 Å². The molecule has 2 nitrogen and oxygen atoms in total. The average molecular weight is 305 g/mol. The third-order valence-corrected chi connectivity index (χ3v) is 3.11. The minimum absolute atomic E-state index is 0.616. The Kier molecular flexibility index (Phi) is 4.76. The molecule has 0 bridgehead atoms. The summed E-state index contributed by atoms with van der Waals surface area (Å²) in [6.45, 7) is 2.74. The molecule has 0 fully saturated rings. The molecule has 0 aliphatic heterocycles. The summed E-state index contributed by atoms with van der Waals surface area (Å²) in [5.41, 5.74) is 2.32. The number of hydrogen-bond donors (Lipinski definition) is 0. The highest BCUT2D eigenvalue weighted by Gasteiger charge is 1.98. The Morgan fingerprint density at radius 3 is 2.83 bits per heavy atom. The number of aryl methyl sites for hydroxylation is 1. The smallest absolute Gasteiger partial charge is 0.128 e. The normalized spacial score (nSPS) is 10.3. The van der Waals surface area contributed by atoms with Crippen molar-refractivity contribution in [3.63, 3.8) is 0 Å². The lowest BCUT2D eigenvalue weighted by Crippen LogP contribution is -2.03. The third-order valence-electron chi connectivity index (χ3n) is 2.64. The average Bonchev–Trinajstić information content (AvgIpc) is 2.40. The minimum atomic E-state index is 0.616. The Bertz CT molecular complexity index is 496. The predicted molar refractivity (Wildman–Crippen MR) is 75.8 cm³/mol. The van der Waals surface area contributed by atoms with E-state index >= 15 is 0 Å². The summed E-state index contributed by atoms with van der Waals surface area (Å²) >= 11 is 3.37. The molecule has 0 atom stereocenters. The van der Waals surface area contributed by atoms with Crippen molar-refractivity contribution >= 4 is 15.9 Å². The molecule has 2 rings (SSSR count). The molecule has 1 heterocycles. The first-order valence-corrected chi connectivity index (χ1v) is 6.81. The second-order valence-electron chi connectivity index (χ2n) is 3.97. The van der Waals surface area contributed by atoms with Crippen LogP contribution in [0.1, 0.15) is 18.2 Å². The van der Waals surface area contributed by atoms with Crippen LogP contribution in [0.2, 0.25) is 0 Å². The van der Waals surface area contributed by atoms with E-state index in [0.29, 0.717) is 6.61 Å². The molecule has 0 unspecified atom stereocenters. The van der Waals surface area contributed by atoms with Crippen molar-refractivity contribution in [3.05, 3.63) is 58.3 Å². The van der Waals surface area contributed by atoms with Crippen LogP contribution >= 0.6 is 15.9 Å². The van der Waals surface area contributed by atoms with E-state index in [0.717, 1.165) is 28.8 Å².